The Labute approximate surface area is 239 Å². The quantitative estimate of drug-likeness (QED) is 0.115. The summed E-state index contributed by atoms with van der Waals surface area (Å²) < 4.78 is 25.8. The molecule has 2 aliphatic rings. The second kappa shape index (κ2) is 15.5. The number of benzene rings is 2. The third-order valence-electron chi connectivity index (χ3n) is 5.05. The molecule has 0 atom stereocenters. The van der Waals surface area contributed by atoms with Gasteiger partial charge in [0.2, 0.25) is 5.24 Å². The zero-order valence-corrected chi connectivity index (χ0v) is 22.8. The predicted molar refractivity (Wildman–Crippen MR) is 143 cm³/mol. The lowest BCUT2D eigenvalue weighted by molar-refractivity contribution is -0.386. The van der Waals surface area contributed by atoms with Crippen LogP contribution in [0.4, 0.5) is 11.4 Å². The first-order chi connectivity index (χ1) is 19.3. The first kappa shape index (κ1) is 33.0. The van der Waals surface area contributed by atoms with Gasteiger partial charge in [0.15, 0.2) is 12.6 Å². The highest BCUT2D eigenvalue weighted by atomic mass is 35.5. The van der Waals surface area contributed by atoms with Crippen molar-refractivity contribution in [1.82, 2.24) is 0 Å². The summed E-state index contributed by atoms with van der Waals surface area (Å²) in [4.78, 5) is 41.9. The molecule has 2 aromatic rings. The zero-order valence-electron chi connectivity index (χ0n) is 22.1. The highest BCUT2D eigenvalue weighted by molar-refractivity contribution is 6.67. The van der Waals surface area contributed by atoms with Crippen molar-refractivity contribution in [2.75, 3.05) is 26.4 Å². The van der Waals surface area contributed by atoms with Crippen LogP contribution in [0.5, 0.6) is 11.5 Å². The maximum Gasteiger partial charge on any atom is 0.338 e. The number of phenolic OH excluding ortho intramolecular Hbond substituents is 1. The summed E-state index contributed by atoms with van der Waals surface area (Å²) in [6.45, 7) is 11.3. The predicted octanol–water partition coefficient (Wildman–Crippen LogP) is 4.80. The van der Waals surface area contributed by atoms with E-state index in [0.717, 1.165) is 0 Å². The summed E-state index contributed by atoms with van der Waals surface area (Å²) >= 11 is 4.87. The van der Waals surface area contributed by atoms with Gasteiger partial charge >= 0.3 is 5.97 Å². The molecule has 2 saturated heterocycles. The van der Waals surface area contributed by atoms with Gasteiger partial charge in [-0.05, 0) is 49.7 Å². The summed E-state index contributed by atoms with van der Waals surface area (Å²) in [7, 11) is 0. The van der Waals surface area contributed by atoms with E-state index in [-0.39, 0.29) is 39.6 Å². The molecule has 0 amide bonds. The summed E-state index contributed by atoms with van der Waals surface area (Å²) in [5.41, 5.74) is 0.832. The Bertz CT molecular complexity index is 1310. The van der Waals surface area contributed by atoms with Crippen molar-refractivity contribution in [3.05, 3.63) is 92.1 Å². The van der Waals surface area contributed by atoms with Gasteiger partial charge in [-0.25, -0.2) is 4.79 Å². The van der Waals surface area contributed by atoms with E-state index in [9.17, 15) is 34.9 Å². The van der Waals surface area contributed by atoms with Crippen LogP contribution in [0.3, 0.4) is 0 Å². The molecule has 0 radical (unpaired) electrons. The second-order valence-electron chi connectivity index (χ2n) is 8.35. The summed E-state index contributed by atoms with van der Waals surface area (Å²) in [5.74, 6) is -0.467. The van der Waals surface area contributed by atoms with Crippen LogP contribution < -0.4 is 4.74 Å². The fraction of sp³-hybridized carbons (Fsp3) is 0.308. The SMILES string of the molecule is C=C(C)C(=O)Cl.C=C(C)C(=O)Oc1ccc([N+](=O)[O-])c(C2OCCO2)c1.O=[N+]([O-])c1ccc(O)cc1C1OCCO1. The van der Waals surface area contributed by atoms with Gasteiger partial charge in [0.05, 0.1) is 47.4 Å². The number of aromatic hydroxyl groups is 1. The van der Waals surface area contributed by atoms with Gasteiger partial charge < -0.3 is 28.8 Å². The second-order valence-corrected chi connectivity index (χ2v) is 8.69. The van der Waals surface area contributed by atoms with Gasteiger partial charge in [-0.2, -0.15) is 0 Å². The number of esters is 1. The standard InChI is InChI=1S/C13H13NO6.C9H9NO5.C4H5ClO/c1-8(2)12(15)20-9-3-4-11(14(16)17)10(7-9)13-18-5-6-19-13;11-6-1-2-8(10(12)13)7(5-6)9-14-3-4-15-9;1-3(2)4(5)6/h3-4,7,13H,1,5-6H2,2H3;1-2,5,9,11H,3-4H2;1H2,2H3. The van der Waals surface area contributed by atoms with Crippen LogP contribution in [-0.4, -0.2) is 52.6 Å². The van der Waals surface area contributed by atoms with Crippen molar-refractivity contribution in [3.63, 3.8) is 0 Å². The number of nitro groups is 2. The molecule has 0 bridgehead atoms. The van der Waals surface area contributed by atoms with Crippen LogP contribution in [0.1, 0.15) is 37.6 Å². The molecule has 41 heavy (non-hydrogen) atoms. The topological polar surface area (TPSA) is 187 Å². The number of hydrogen-bond donors (Lipinski definition) is 1. The van der Waals surface area contributed by atoms with Crippen LogP contribution >= 0.6 is 11.6 Å². The Balaban J connectivity index is 0.000000246. The Hall–Kier alpha value is -4.21. The first-order valence-corrected chi connectivity index (χ1v) is 12.1. The minimum absolute atomic E-state index is 0.0466. The maximum atomic E-state index is 11.4. The number of allylic oxidation sites excluding steroid dienone is 1. The van der Waals surface area contributed by atoms with Crippen molar-refractivity contribution < 1.29 is 48.2 Å². The Kier molecular flexibility index (Phi) is 12.5. The normalized spacial score (nSPS) is 14.6. The molecule has 2 aliphatic heterocycles. The van der Waals surface area contributed by atoms with Gasteiger partial charge in [0.1, 0.15) is 11.5 Å². The van der Waals surface area contributed by atoms with E-state index in [0.29, 0.717) is 32.0 Å². The largest absolute Gasteiger partial charge is 0.508 e. The van der Waals surface area contributed by atoms with E-state index in [1.807, 2.05) is 0 Å². The minimum Gasteiger partial charge on any atom is -0.508 e. The molecule has 0 unspecified atom stereocenters. The Morgan fingerprint density at radius 3 is 1.66 bits per heavy atom. The molecule has 15 heteroatoms. The van der Waals surface area contributed by atoms with E-state index < -0.39 is 33.6 Å². The van der Waals surface area contributed by atoms with E-state index in [2.05, 4.69) is 13.2 Å². The van der Waals surface area contributed by atoms with E-state index in [1.165, 1.54) is 43.3 Å². The first-order valence-electron chi connectivity index (χ1n) is 11.8. The molecular formula is C26H27ClN2O12. The fourth-order valence-corrected chi connectivity index (χ4v) is 3.12. The Morgan fingerprint density at radius 1 is 0.854 bits per heavy atom. The number of halogens is 1. The lowest BCUT2D eigenvalue weighted by Crippen LogP contribution is -2.09. The number of carbonyl (C=O) groups is 2. The molecule has 14 nitrogen and oxygen atoms in total. The summed E-state index contributed by atoms with van der Waals surface area (Å²) in [6.07, 6.45) is -1.57. The number of nitro benzene ring substituents is 2. The average molecular weight is 595 g/mol. The number of rotatable bonds is 7. The van der Waals surface area contributed by atoms with E-state index >= 15 is 0 Å². The molecule has 2 fully saturated rings. The van der Waals surface area contributed by atoms with Gasteiger partial charge in [-0.1, -0.05) is 13.2 Å². The van der Waals surface area contributed by atoms with Gasteiger partial charge in [-0.15, -0.1) is 0 Å². The monoisotopic (exact) mass is 594 g/mol. The molecule has 2 aromatic carbocycles. The fourth-order valence-electron chi connectivity index (χ4n) is 3.12. The number of nitrogens with zero attached hydrogens (tertiary/aromatic N) is 2. The van der Waals surface area contributed by atoms with E-state index in [4.69, 9.17) is 35.3 Å². The summed E-state index contributed by atoms with van der Waals surface area (Å²) in [5, 5.41) is 30.5. The van der Waals surface area contributed by atoms with Gasteiger partial charge in [-0.3, -0.25) is 25.0 Å². The van der Waals surface area contributed by atoms with Crippen molar-refractivity contribution in [1.29, 1.82) is 0 Å². The number of carbonyl (C=O) groups excluding carboxylic acids is 2. The average Bonchev–Trinajstić information content (AvgIpc) is 3.64. The van der Waals surface area contributed by atoms with Crippen molar-refractivity contribution in [3.8, 4) is 11.5 Å². The molecule has 2 heterocycles. The number of ether oxygens (including phenoxy) is 5. The number of hydrogen-bond acceptors (Lipinski definition) is 12. The van der Waals surface area contributed by atoms with Crippen LogP contribution in [0.15, 0.2) is 60.7 Å². The lowest BCUT2D eigenvalue weighted by atomic mass is 10.1. The van der Waals surface area contributed by atoms with Crippen molar-refractivity contribution in [2.24, 2.45) is 0 Å². The number of phenols is 1. The van der Waals surface area contributed by atoms with Crippen LogP contribution in [0.2, 0.25) is 0 Å². The molecule has 1 N–H and O–H groups in total. The van der Waals surface area contributed by atoms with Crippen LogP contribution in [-0.2, 0) is 28.5 Å². The lowest BCUT2D eigenvalue weighted by Gasteiger charge is -2.11. The molecule has 220 valence electrons. The van der Waals surface area contributed by atoms with Crippen LogP contribution in [0, 0.1) is 20.2 Å². The zero-order chi connectivity index (χ0) is 30.7. The third-order valence-corrected chi connectivity index (χ3v) is 5.37. The molecule has 0 saturated carbocycles. The third kappa shape index (κ3) is 10.0. The van der Waals surface area contributed by atoms with Gasteiger partial charge in [0, 0.05) is 23.3 Å². The van der Waals surface area contributed by atoms with Crippen molar-refractivity contribution in [2.45, 2.75) is 26.4 Å². The smallest absolute Gasteiger partial charge is 0.338 e. The van der Waals surface area contributed by atoms with Gasteiger partial charge in [0.25, 0.3) is 11.4 Å². The maximum absolute atomic E-state index is 11.4. The van der Waals surface area contributed by atoms with Crippen molar-refractivity contribution >= 4 is 34.2 Å². The van der Waals surface area contributed by atoms with E-state index in [1.54, 1.807) is 6.92 Å². The summed E-state index contributed by atoms with van der Waals surface area (Å²) in [6, 6.07) is 7.74. The molecule has 0 spiro atoms. The molecule has 4 rings (SSSR count). The Morgan fingerprint density at radius 2 is 1.27 bits per heavy atom. The highest BCUT2D eigenvalue weighted by Crippen LogP contribution is 2.35. The highest BCUT2D eigenvalue weighted by Gasteiger charge is 2.28. The molecule has 0 aliphatic carbocycles. The van der Waals surface area contributed by atoms with Crippen LogP contribution in [0.25, 0.3) is 0 Å². The molecular weight excluding hydrogens is 568 g/mol. The molecule has 0 aromatic heterocycles. The minimum atomic E-state index is -0.820.